The molecule has 1 aliphatic heterocycles. The van der Waals surface area contributed by atoms with E-state index in [0.717, 1.165) is 10.7 Å². The van der Waals surface area contributed by atoms with E-state index in [-0.39, 0.29) is 5.91 Å². The predicted molar refractivity (Wildman–Crippen MR) is 50.7 cm³/mol. The molecule has 0 saturated carbocycles. The molecule has 1 aromatic heterocycles. The summed E-state index contributed by atoms with van der Waals surface area (Å²) in [7, 11) is 0. The quantitative estimate of drug-likeness (QED) is 0.643. The van der Waals surface area contributed by atoms with Gasteiger partial charge in [0.2, 0.25) is 5.91 Å². The normalized spacial score (nSPS) is 19.3. The topological polar surface area (TPSA) is 41.1 Å². The van der Waals surface area contributed by atoms with Crippen molar-refractivity contribution in [2.75, 3.05) is 10.6 Å². The molecule has 0 unspecified atom stereocenters. The van der Waals surface area contributed by atoms with Crippen molar-refractivity contribution in [3.63, 3.8) is 0 Å². The maximum absolute atomic E-state index is 11.4. The highest BCUT2D eigenvalue weighted by Gasteiger charge is 2.33. The number of carbonyl (C=O) groups excluding carboxylic acids is 1. The van der Waals surface area contributed by atoms with Gasteiger partial charge in [-0.15, -0.1) is 11.3 Å². The highest BCUT2D eigenvalue weighted by Crippen LogP contribution is 2.34. The molecular weight excluding hydrogens is 172 g/mol. The Kier molecular flexibility index (Phi) is 1.41. The lowest BCUT2D eigenvalue weighted by Gasteiger charge is -2.30. The molecule has 0 radical (unpaired) electrons. The molecule has 0 spiro atoms. The fourth-order valence-electron chi connectivity index (χ4n) is 1.16. The first-order valence-corrected chi connectivity index (χ1v) is 4.65. The molecule has 1 aromatic rings. The molecule has 2 heterocycles. The number of amides is 1. The molecule has 3 nitrogen and oxygen atoms in total. The Hall–Kier alpha value is -1.03. The molecule has 12 heavy (non-hydrogen) atoms. The minimum atomic E-state index is -0.492. The minimum Gasteiger partial charge on any atom is -0.369 e. The SMILES string of the molecule is CC1(C)Nc2ccsc2NC1=O. The van der Waals surface area contributed by atoms with Gasteiger partial charge in [0.25, 0.3) is 0 Å². The lowest BCUT2D eigenvalue weighted by atomic mass is 10.0. The third kappa shape index (κ3) is 0.992. The number of thiophene rings is 1. The number of hydrogen-bond acceptors (Lipinski definition) is 3. The van der Waals surface area contributed by atoms with Crippen molar-refractivity contribution < 1.29 is 4.79 Å². The Balaban J connectivity index is 2.42. The van der Waals surface area contributed by atoms with Crippen molar-refractivity contribution in [2.45, 2.75) is 19.4 Å². The fraction of sp³-hybridized carbons (Fsp3) is 0.375. The molecule has 1 aliphatic rings. The van der Waals surface area contributed by atoms with Crippen LogP contribution in [0.15, 0.2) is 11.4 Å². The zero-order valence-electron chi connectivity index (χ0n) is 6.97. The molecule has 2 rings (SSSR count). The summed E-state index contributed by atoms with van der Waals surface area (Å²) in [4.78, 5) is 11.4. The Morgan fingerprint density at radius 2 is 2.25 bits per heavy atom. The van der Waals surface area contributed by atoms with Crippen molar-refractivity contribution in [3.8, 4) is 0 Å². The van der Waals surface area contributed by atoms with E-state index < -0.39 is 5.54 Å². The average molecular weight is 182 g/mol. The molecule has 0 saturated heterocycles. The summed E-state index contributed by atoms with van der Waals surface area (Å²) in [5.41, 5.74) is 0.526. The molecule has 0 bridgehead atoms. The van der Waals surface area contributed by atoms with Crippen molar-refractivity contribution in [3.05, 3.63) is 11.4 Å². The van der Waals surface area contributed by atoms with E-state index in [1.807, 2.05) is 25.3 Å². The van der Waals surface area contributed by atoms with E-state index in [2.05, 4.69) is 10.6 Å². The second-order valence-corrected chi connectivity index (χ2v) is 4.28. The summed E-state index contributed by atoms with van der Waals surface area (Å²) >= 11 is 1.54. The molecule has 0 atom stereocenters. The highest BCUT2D eigenvalue weighted by atomic mass is 32.1. The van der Waals surface area contributed by atoms with Crippen LogP contribution in [0.2, 0.25) is 0 Å². The zero-order valence-corrected chi connectivity index (χ0v) is 7.79. The second-order valence-electron chi connectivity index (χ2n) is 3.37. The van der Waals surface area contributed by atoms with Crippen LogP contribution in [0.4, 0.5) is 10.7 Å². The van der Waals surface area contributed by atoms with Gasteiger partial charge >= 0.3 is 0 Å². The van der Waals surface area contributed by atoms with Gasteiger partial charge in [0.1, 0.15) is 10.5 Å². The third-order valence-electron chi connectivity index (χ3n) is 1.91. The summed E-state index contributed by atoms with van der Waals surface area (Å²) in [5.74, 6) is 0.0254. The number of anilines is 2. The molecule has 1 amide bonds. The monoisotopic (exact) mass is 182 g/mol. The average Bonchev–Trinajstić information content (AvgIpc) is 2.35. The van der Waals surface area contributed by atoms with Gasteiger partial charge in [0.15, 0.2) is 0 Å². The van der Waals surface area contributed by atoms with Crippen molar-refractivity contribution in [1.29, 1.82) is 0 Å². The molecule has 0 aromatic carbocycles. The van der Waals surface area contributed by atoms with Gasteiger partial charge in [-0.2, -0.15) is 0 Å². The summed E-state index contributed by atoms with van der Waals surface area (Å²) in [6, 6.07) is 1.97. The first-order chi connectivity index (χ1) is 5.59. The van der Waals surface area contributed by atoms with Gasteiger partial charge in [-0.25, -0.2) is 0 Å². The largest absolute Gasteiger partial charge is 0.369 e. The molecule has 0 aliphatic carbocycles. The first-order valence-electron chi connectivity index (χ1n) is 3.77. The van der Waals surface area contributed by atoms with Gasteiger partial charge in [-0.1, -0.05) is 0 Å². The van der Waals surface area contributed by atoms with Crippen LogP contribution in [-0.2, 0) is 4.79 Å². The first kappa shape index (κ1) is 7.61. The van der Waals surface area contributed by atoms with E-state index in [1.165, 1.54) is 11.3 Å². The fourth-order valence-corrected chi connectivity index (χ4v) is 1.90. The molecule has 64 valence electrons. The van der Waals surface area contributed by atoms with Crippen LogP contribution in [0.5, 0.6) is 0 Å². The van der Waals surface area contributed by atoms with Crippen LogP contribution < -0.4 is 10.6 Å². The predicted octanol–water partition coefficient (Wildman–Crippen LogP) is 1.89. The van der Waals surface area contributed by atoms with Gasteiger partial charge < -0.3 is 10.6 Å². The molecule has 0 fully saturated rings. The van der Waals surface area contributed by atoms with Crippen LogP contribution in [0.3, 0.4) is 0 Å². The Morgan fingerprint density at radius 3 is 3.00 bits per heavy atom. The summed E-state index contributed by atoms with van der Waals surface area (Å²) < 4.78 is 0. The summed E-state index contributed by atoms with van der Waals surface area (Å²) in [6.07, 6.45) is 0. The standard InChI is InChI=1S/C8H10N2OS/c1-8(2)7(11)9-6-5(10-8)3-4-12-6/h3-4,10H,1-2H3,(H,9,11). The number of rotatable bonds is 0. The molecule has 2 N–H and O–H groups in total. The molecule has 4 heteroatoms. The zero-order chi connectivity index (χ0) is 8.77. The van der Waals surface area contributed by atoms with Crippen LogP contribution >= 0.6 is 11.3 Å². The van der Waals surface area contributed by atoms with Crippen molar-refractivity contribution in [2.24, 2.45) is 0 Å². The van der Waals surface area contributed by atoms with E-state index in [4.69, 9.17) is 0 Å². The van der Waals surface area contributed by atoms with Crippen molar-refractivity contribution >= 4 is 27.9 Å². The maximum Gasteiger partial charge on any atom is 0.250 e. The van der Waals surface area contributed by atoms with Gasteiger partial charge in [-0.3, -0.25) is 4.79 Å². The van der Waals surface area contributed by atoms with E-state index >= 15 is 0 Å². The van der Waals surface area contributed by atoms with Crippen LogP contribution in [0.25, 0.3) is 0 Å². The number of nitrogens with one attached hydrogen (secondary N) is 2. The number of fused-ring (bicyclic) bond motifs is 1. The van der Waals surface area contributed by atoms with Crippen LogP contribution in [0, 0.1) is 0 Å². The second kappa shape index (κ2) is 2.23. The minimum absolute atomic E-state index is 0.0254. The van der Waals surface area contributed by atoms with Gasteiger partial charge in [0.05, 0.1) is 5.69 Å². The Bertz CT molecular complexity index is 330. The number of carbonyl (C=O) groups is 1. The third-order valence-corrected chi connectivity index (χ3v) is 2.74. The summed E-state index contributed by atoms with van der Waals surface area (Å²) in [6.45, 7) is 3.73. The van der Waals surface area contributed by atoms with E-state index in [1.54, 1.807) is 0 Å². The van der Waals surface area contributed by atoms with Gasteiger partial charge in [-0.05, 0) is 25.3 Å². The van der Waals surface area contributed by atoms with Crippen LogP contribution in [-0.4, -0.2) is 11.4 Å². The smallest absolute Gasteiger partial charge is 0.250 e. The molecular formula is C8H10N2OS. The Morgan fingerprint density at radius 1 is 1.50 bits per heavy atom. The van der Waals surface area contributed by atoms with Crippen molar-refractivity contribution in [1.82, 2.24) is 0 Å². The lowest BCUT2D eigenvalue weighted by Crippen LogP contribution is -2.47. The Labute approximate surface area is 74.8 Å². The number of hydrogen-bond donors (Lipinski definition) is 2. The highest BCUT2D eigenvalue weighted by molar-refractivity contribution is 7.15. The summed E-state index contributed by atoms with van der Waals surface area (Å²) in [5, 5.41) is 8.89. The van der Waals surface area contributed by atoms with E-state index in [9.17, 15) is 4.79 Å². The van der Waals surface area contributed by atoms with Gasteiger partial charge in [0, 0.05) is 0 Å². The van der Waals surface area contributed by atoms with Crippen LogP contribution in [0.1, 0.15) is 13.8 Å². The van der Waals surface area contributed by atoms with E-state index in [0.29, 0.717) is 0 Å². The maximum atomic E-state index is 11.4. The lowest BCUT2D eigenvalue weighted by molar-refractivity contribution is -0.119.